The first-order chi connectivity index (χ1) is 15.4. The third kappa shape index (κ3) is 4.81. The van der Waals surface area contributed by atoms with E-state index >= 15 is 0 Å². The molecule has 7 nitrogen and oxygen atoms in total. The molecule has 1 aromatic heterocycles. The van der Waals surface area contributed by atoms with Gasteiger partial charge >= 0.3 is 0 Å². The van der Waals surface area contributed by atoms with Gasteiger partial charge in [0.1, 0.15) is 6.04 Å². The number of non-ortho nitro benzene ring substituents is 1. The van der Waals surface area contributed by atoms with Gasteiger partial charge in [0.05, 0.1) is 11.1 Å². The van der Waals surface area contributed by atoms with E-state index in [-0.39, 0.29) is 5.69 Å². The molecule has 0 saturated carbocycles. The van der Waals surface area contributed by atoms with E-state index in [1.165, 1.54) is 35.4 Å². The van der Waals surface area contributed by atoms with Crippen LogP contribution in [-0.4, -0.2) is 46.9 Å². The van der Waals surface area contributed by atoms with E-state index < -0.39 is 29.2 Å². The van der Waals surface area contributed by atoms with Gasteiger partial charge in [0.15, 0.2) is 12.3 Å². The van der Waals surface area contributed by atoms with Crippen LogP contribution in [0.3, 0.4) is 0 Å². The minimum Gasteiger partial charge on any atom is -0.284 e. The van der Waals surface area contributed by atoms with E-state index in [2.05, 4.69) is 10.5 Å². The molecule has 2 heterocycles. The number of hydrazone groups is 1. The van der Waals surface area contributed by atoms with Crippen LogP contribution in [0.5, 0.6) is 0 Å². The second-order valence-corrected chi connectivity index (χ2v) is 8.49. The maximum atomic E-state index is 14.0. The Kier molecular flexibility index (Phi) is 6.52. The van der Waals surface area contributed by atoms with E-state index in [9.17, 15) is 23.7 Å². The van der Waals surface area contributed by atoms with Crippen molar-refractivity contribution in [3.8, 4) is 0 Å². The third-order valence-electron chi connectivity index (χ3n) is 5.36. The molecule has 1 N–H and O–H groups in total. The monoisotopic (exact) mass is 458 g/mol. The Hall–Kier alpha value is -3.24. The van der Waals surface area contributed by atoms with Crippen LogP contribution in [0.2, 0.25) is 0 Å². The van der Waals surface area contributed by atoms with Gasteiger partial charge in [-0.2, -0.15) is 5.10 Å². The van der Waals surface area contributed by atoms with Crippen LogP contribution in [0, 0.1) is 10.1 Å². The molecular weight excluding hydrogens is 438 g/mol. The quantitative estimate of drug-likeness (QED) is 0.406. The fourth-order valence-electron chi connectivity index (χ4n) is 3.79. The average molecular weight is 458 g/mol. The standard InChI is InChI=1S/C22H20F2N4O3S/c23-18-5-4-15(11-19(18)24)21(27-8-6-20-16(13-27)7-9-32-20)22(29)26-25-12-14-2-1-3-17(10-14)28(30)31/h1-5,7,9-12,18-19,21H,6,8,13H2,(H,26,29)/b25-12+. The maximum Gasteiger partial charge on any atom is 0.270 e. The number of halogens is 2. The van der Waals surface area contributed by atoms with Gasteiger partial charge in [0, 0.05) is 35.7 Å². The summed E-state index contributed by atoms with van der Waals surface area (Å²) >= 11 is 1.66. The molecule has 2 aromatic rings. The van der Waals surface area contributed by atoms with E-state index in [0.29, 0.717) is 24.2 Å². The second-order valence-electron chi connectivity index (χ2n) is 7.49. The predicted molar refractivity (Wildman–Crippen MR) is 118 cm³/mol. The van der Waals surface area contributed by atoms with Gasteiger partial charge < -0.3 is 0 Å². The van der Waals surface area contributed by atoms with Crippen molar-refractivity contribution in [2.45, 2.75) is 31.4 Å². The smallest absolute Gasteiger partial charge is 0.270 e. The van der Waals surface area contributed by atoms with E-state index in [0.717, 1.165) is 24.1 Å². The van der Waals surface area contributed by atoms with Crippen LogP contribution in [0.1, 0.15) is 16.0 Å². The normalized spacial score (nSPS) is 21.8. The molecule has 3 atom stereocenters. The molecule has 10 heteroatoms. The summed E-state index contributed by atoms with van der Waals surface area (Å²) in [6.45, 7) is 1.09. The van der Waals surface area contributed by atoms with Gasteiger partial charge in [-0.3, -0.25) is 19.8 Å². The highest BCUT2D eigenvalue weighted by Gasteiger charge is 2.34. The molecule has 0 saturated heterocycles. The molecule has 1 aliphatic heterocycles. The molecule has 1 amide bonds. The summed E-state index contributed by atoms with van der Waals surface area (Å²) in [5, 5.41) is 16.8. The second kappa shape index (κ2) is 9.49. The van der Waals surface area contributed by atoms with Gasteiger partial charge in [-0.15, -0.1) is 11.3 Å². The number of hydrogen-bond acceptors (Lipinski definition) is 6. The molecule has 3 unspecified atom stereocenters. The highest BCUT2D eigenvalue weighted by molar-refractivity contribution is 7.10. The number of hydrogen-bond donors (Lipinski definition) is 1. The molecule has 1 aliphatic carbocycles. The molecular formula is C22H20F2N4O3S. The number of alkyl halides is 2. The Morgan fingerprint density at radius 3 is 2.97 bits per heavy atom. The number of amides is 1. The number of carbonyl (C=O) groups is 1. The van der Waals surface area contributed by atoms with Crippen molar-refractivity contribution in [2.75, 3.05) is 6.54 Å². The summed E-state index contributed by atoms with van der Waals surface area (Å²) in [5.41, 5.74) is 4.28. The van der Waals surface area contributed by atoms with E-state index in [1.54, 1.807) is 17.4 Å². The molecule has 166 valence electrons. The highest BCUT2D eigenvalue weighted by Crippen LogP contribution is 2.29. The Morgan fingerprint density at radius 1 is 1.34 bits per heavy atom. The van der Waals surface area contributed by atoms with Crippen molar-refractivity contribution in [3.05, 3.63) is 85.6 Å². The average Bonchev–Trinajstić information content (AvgIpc) is 3.25. The zero-order chi connectivity index (χ0) is 22.7. The summed E-state index contributed by atoms with van der Waals surface area (Å²) in [6, 6.07) is 6.97. The van der Waals surface area contributed by atoms with E-state index in [4.69, 9.17) is 0 Å². The van der Waals surface area contributed by atoms with Gasteiger partial charge in [0.25, 0.3) is 11.6 Å². The number of nitro benzene ring substituents is 1. The van der Waals surface area contributed by atoms with Gasteiger partial charge in [0.2, 0.25) is 0 Å². The lowest BCUT2D eigenvalue weighted by molar-refractivity contribution is -0.384. The Morgan fingerprint density at radius 2 is 2.19 bits per heavy atom. The molecule has 0 bridgehead atoms. The first-order valence-corrected chi connectivity index (χ1v) is 10.8. The fraction of sp³-hybridized carbons (Fsp3) is 0.273. The summed E-state index contributed by atoms with van der Waals surface area (Å²) in [4.78, 5) is 26.6. The van der Waals surface area contributed by atoms with Crippen LogP contribution in [-0.2, 0) is 17.8 Å². The molecule has 0 fully saturated rings. The van der Waals surface area contributed by atoms with Crippen LogP contribution in [0.4, 0.5) is 14.5 Å². The highest BCUT2D eigenvalue weighted by atomic mass is 32.1. The van der Waals surface area contributed by atoms with E-state index in [1.807, 2.05) is 16.3 Å². The van der Waals surface area contributed by atoms with Crippen molar-refractivity contribution >= 4 is 29.1 Å². The number of allylic oxidation sites excluding steroid dienone is 2. The number of thiophene rings is 1. The lowest BCUT2D eigenvalue weighted by Gasteiger charge is -2.34. The predicted octanol–water partition coefficient (Wildman–Crippen LogP) is 3.71. The number of carbonyl (C=O) groups excluding carboxylic acids is 1. The molecule has 1 aromatic carbocycles. The van der Waals surface area contributed by atoms with Gasteiger partial charge in [-0.25, -0.2) is 14.2 Å². The number of nitro groups is 1. The minimum atomic E-state index is -1.82. The first kappa shape index (κ1) is 22.0. The van der Waals surface area contributed by atoms with Crippen molar-refractivity contribution in [2.24, 2.45) is 5.10 Å². The number of benzene rings is 1. The van der Waals surface area contributed by atoms with Crippen molar-refractivity contribution in [3.63, 3.8) is 0 Å². The van der Waals surface area contributed by atoms with Crippen LogP contribution < -0.4 is 5.43 Å². The lowest BCUT2D eigenvalue weighted by Crippen LogP contribution is -2.49. The summed E-state index contributed by atoms with van der Waals surface area (Å²) in [6.07, 6.45) is 2.21. The zero-order valence-corrected chi connectivity index (χ0v) is 17.7. The Bertz CT molecular complexity index is 1110. The summed E-state index contributed by atoms with van der Waals surface area (Å²) < 4.78 is 27.6. The number of fused-ring (bicyclic) bond motifs is 1. The number of rotatable bonds is 6. The molecule has 2 aliphatic rings. The summed E-state index contributed by atoms with van der Waals surface area (Å²) in [7, 11) is 0. The molecule has 0 spiro atoms. The minimum absolute atomic E-state index is 0.0923. The largest absolute Gasteiger partial charge is 0.284 e. The summed E-state index contributed by atoms with van der Waals surface area (Å²) in [5.74, 6) is -0.495. The van der Waals surface area contributed by atoms with Gasteiger partial charge in [-0.05, 0) is 41.2 Å². The van der Waals surface area contributed by atoms with Crippen LogP contribution in [0.15, 0.2) is 64.6 Å². The molecule has 0 radical (unpaired) electrons. The van der Waals surface area contributed by atoms with Crippen molar-refractivity contribution < 1.29 is 18.5 Å². The number of nitrogens with zero attached hydrogens (tertiary/aromatic N) is 3. The third-order valence-corrected chi connectivity index (χ3v) is 6.39. The Labute approximate surface area is 186 Å². The topological polar surface area (TPSA) is 87.8 Å². The number of nitrogens with one attached hydrogen (secondary N) is 1. The maximum absolute atomic E-state index is 14.0. The van der Waals surface area contributed by atoms with Crippen molar-refractivity contribution in [1.29, 1.82) is 0 Å². The molecule has 4 rings (SSSR count). The SMILES string of the molecule is O=C(N/N=C/c1cccc([N+](=O)[O-])c1)C(C1=CC(F)C(F)C=C1)N1CCc2sccc2C1. The van der Waals surface area contributed by atoms with Crippen LogP contribution >= 0.6 is 11.3 Å². The van der Waals surface area contributed by atoms with Crippen molar-refractivity contribution in [1.82, 2.24) is 10.3 Å². The lowest BCUT2D eigenvalue weighted by atomic mass is 9.95. The fourth-order valence-corrected chi connectivity index (χ4v) is 4.68. The van der Waals surface area contributed by atoms with Gasteiger partial charge in [-0.1, -0.05) is 18.2 Å². The van der Waals surface area contributed by atoms with Crippen LogP contribution in [0.25, 0.3) is 0 Å². The zero-order valence-electron chi connectivity index (χ0n) is 16.9. The first-order valence-electron chi connectivity index (χ1n) is 9.97. The Balaban J connectivity index is 1.54. The molecule has 32 heavy (non-hydrogen) atoms.